The second kappa shape index (κ2) is 4.37. The number of hydrogen-bond acceptors (Lipinski definition) is 2. The quantitative estimate of drug-likeness (QED) is 0.853. The Hall–Kier alpha value is -1.16. The highest BCUT2D eigenvalue weighted by Crippen LogP contribution is 2.07. The number of hydrogen-bond donors (Lipinski definition) is 1. The van der Waals surface area contributed by atoms with E-state index in [0.717, 1.165) is 28.6 Å². The van der Waals surface area contributed by atoms with Crippen LogP contribution in [0.2, 0.25) is 0 Å². The highest BCUT2D eigenvalue weighted by atomic mass is 79.9. The molecule has 0 saturated carbocycles. The van der Waals surface area contributed by atoms with Crippen LogP contribution < -0.4 is 0 Å². The van der Waals surface area contributed by atoms with Crippen molar-refractivity contribution in [2.75, 3.05) is 5.33 Å². The summed E-state index contributed by atoms with van der Waals surface area (Å²) >= 11 is 3.36. The van der Waals surface area contributed by atoms with Gasteiger partial charge in [0.2, 0.25) is 0 Å². The molecule has 0 radical (unpaired) electrons. The number of fused-ring (bicyclic) bond motifs is 1. The Kier molecular flexibility index (Phi) is 2.93. The van der Waals surface area contributed by atoms with Crippen LogP contribution in [0, 0.1) is 0 Å². The van der Waals surface area contributed by atoms with Gasteiger partial charge in [-0.05, 0) is 18.6 Å². The fourth-order valence-electron chi connectivity index (χ4n) is 1.19. The highest BCUT2D eigenvalue weighted by molar-refractivity contribution is 9.09. The summed E-state index contributed by atoms with van der Waals surface area (Å²) in [6.07, 6.45) is 8.69. The van der Waals surface area contributed by atoms with Crippen LogP contribution in [-0.2, 0) is 0 Å². The lowest BCUT2D eigenvalue weighted by atomic mass is 10.3. The molecular formula is C10H10BrN3. The molecule has 0 bridgehead atoms. The Labute approximate surface area is 90.4 Å². The van der Waals surface area contributed by atoms with E-state index in [-0.39, 0.29) is 0 Å². The molecule has 0 aliphatic carbocycles. The van der Waals surface area contributed by atoms with Gasteiger partial charge in [0.1, 0.15) is 5.52 Å². The van der Waals surface area contributed by atoms with Gasteiger partial charge in [-0.25, -0.2) is 9.97 Å². The van der Waals surface area contributed by atoms with Gasteiger partial charge in [0.15, 0.2) is 5.65 Å². The lowest BCUT2D eigenvalue weighted by molar-refractivity contribution is 1.23. The van der Waals surface area contributed by atoms with Crippen LogP contribution in [-0.4, -0.2) is 20.3 Å². The molecule has 4 heteroatoms. The van der Waals surface area contributed by atoms with Gasteiger partial charge in [-0.2, -0.15) is 0 Å². The van der Waals surface area contributed by atoms with Crippen LogP contribution in [0.25, 0.3) is 17.2 Å². The summed E-state index contributed by atoms with van der Waals surface area (Å²) in [4.78, 5) is 11.7. The Balaban J connectivity index is 2.25. The monoisotopic (exact) mass is 251 g/mol. The molecule has 2 aromatic heterocycles. The molecule has 0 saturated heterocycles. The molecule has 2 aromatic rings. The lowest BCUT2D eigenvalue weighted by Gasteiger charge is -1.92. The fourth-order valence-corrected chi connectivity index (χ4v) is 1.46. The van der Waals surface area contributed by atoms with Crippen molar-refractivity contribution in [3.05, 3.63) is 30.2 Å². The Morgan fingerprint density at radius 2 is 2.43 bits per heavy atom. The molecule has 0 fully saturated rings. The summed E-state index contributed by atoms with van der Waals surface area (Å²) < 4.78 is 0. The van der Waals surface area contributed by atoms with Crippen LogP contribution in [0.15, 0.2) is 24.5 Å². The van der Waals surface area contributed by atoms with Crippen molar-refractivity contribution in [3.8, 4) is 0 Å². The van der Waals surface area contributed by atoms with Gasteiger partial charge < -0.3 is 4.98 Å². The molecule has 0 amide bonds. The predicted octanol–water partition coefficient (Wildman–Crippen LogP) is 2.76. The first-order valence-corrected chi connectivity index (χ1v) is 5.55. The zero-order valence-electron chi connectivity index (χ0n) is 7.57. The molecule has 2 rings (SSSR count). The summed E-state index contributed by atoms with van der Waals surface area (Å²) in [5.41, 5.74) is 2.65. The van der Waals surface area contributed by atoms with E-state index in [1.54, 1.807) is 6.20 Å². The van der Waals surface area contributed by atoms with E-state index in [2.05, 4.69) is 37.0 Å². The highest BCUT2D eigenvalue weighted by Gasteiger charge is 1.96. The van der Waals surface area contributed by atoms with Crippen LogP contribution in [0.5, 0.6) is 0 Å². The number of aromatic amines is 1. The van der Waals surface area contributed by atoms with Gasteiger partial charge in [-0.3, -0.25) is 0 Å². The van der Waals surface area contributed by atoms with Gasteiger partial charge in [-0.1, -0.05) is 22.0 Å². The predicted molar refractivity (Wildman–Crippen MR) is 61.3 cm³/mol. The van der Waals surface area contributed by atoms with Crippen molar-refractivity contribution in [1.29, 1.82) is 0 Å². The maximum atomic E-state index is 4.41. The molecule has 14 heavy (non-hydrogen) atoms. The Bertz CT molecular complexity index is 447. The average molecular weight is 252 g/mol. The fraction of sp³-hybridized carbons (Fsp3) is 0.200. The van der Waals surface area contributed by atoms with E-state index in [1.165, 1.54) is 0 Å². The second-order valence-corrected chi connectivity index (χ2v) is 3.68. The third-order valence-corrected chi connectivity index (χ3v) is 2.30. The smallest absolute Gasteiger partial charge is 0.156 e. The summed E-state index contributed by atoms with van der Waals surface area (Å²) in [5.74, 6) is 0. The molecule has 0 spiro atoms. The number of nitrogens with one attached hydrogen (secondary N) is 1. The van der Waals surface area contributed by atoms with E-state index in [1.807, 2.05) is 18.3 Å². The normalized spacial score (nSPS) is 11.5. The van der Waals surface area contributed by atoms with Gasteiger partial charge in [0.25, 0.3) is 0 Å². The SMILES string of the molecule is BrCCC=Cc1cnc2[nH]ccc2n1. The maximum absolute atomic E-state index is 4.41. The van der Waals surface area contributed by atoms with Crippen LogP contribution in [0.4, 0.5) is 0 Å². The third-order valence-electron chi connectivity index (χ3n) is 1.84. The van der Waals surface area contributed by atoms with E-state index in [4.69, 9.17) is 0 Å². The first-order valence-electron chi connectivity index (χ1n) is 4.43. The minimum absolute atomic E-state index is 0.836. The molecule has 2 heterocycles. The van der Waals surface area contributed by atoms with E-state index in [9.17, 15) is 0 Å². The van der Waals surface area contributed by atoms with Gasteiger partial charge in [-0.15, -0.1) is 0 Å². The Morgan fingerprint density at radius 3 is 3.29 bits per heavy atom. The number of allylic oxidation sites excluding steroid dienone is 1. The molecule has 0 aliphatic rings. The Morgan fingerprint density at radius 1 is 1.50 bits per heavy atom. The van der Waals surface area contributed by atoms with Crippen LogP contribution >= 0.6 is 15.9 Å². The number of rotatable bonds is 3. The first kappa shape index (κ1) is 9.40. The zero-order chi connectivity index (χ0) is 9.80. The van der Waals surface area contributed by atoms with E-state index >= 15 is 0 Å². The van der Waals surface area contributed by atoms with Crippen molar-refractivity contribution in [3.63, 3.8) is 0 Å². The number of alkyl halides is 1. The summed E-state index contributed by atoms with van der Waals surface area (Å²) in [6, 6.07) is 1.92. The van der Waals surface area contributed by atoms with Crippen molar-refractivity contribution in [1.82, 2.24) is 15.0 Å². The molecule has 0 aliphatic heterocycles. The van der Waals surface area contributed by atoms with Crippen LogP contribution in [0.1, 0.15) is 12.1 Å². The summed E-state index contributed by atoms with van der Waals surface area (Å²) in [7, 11) is 0. The van der Waals surface area contributed by atoms with Gasteiger partial charge in [0, 0.05) is 11.5 Å². The molecule has 0 aromatic carbocycles. The minimum Gasteiger partial charge on any atom is -0.345 e. The van der Waals surface area contributed by atoms with Crippen LogP contribution in [0.3, 0.4) is 0 Å². The number of halogens is 1. The van der Waals surface area contributed by atoms with Crippen molar-refractivity contribution >= 4 is 33.2 Å². The summed E-state index contributed by atoms with van der Waals surface area (Å²) in [5, 5.41) is 0.976. The second-order valence-electron chi connectivity index (χ2n) is 2.89. The molecule has 0 unspecified atom stereocenters. The maximum Gasteiger partial charge on any atom is 0.156 e. The number of aromatic nitrogens is 3. The van der Waals surface area contributed by atoms with E-state index < -0.39 is 0 Å². The average Bonchev–Trinajstić information content (AvgIpc) is 2.65. The largest absolute Gasteiger partial charge is 0.345 e. The first-order chi connectivity index (χ1) is 6.90. The standard InChI is InChI=1S/C10H10BrN3/c11-5-2-1-3-8-7-13-10-9(14-8)4-6-12-10/h1,3-4,6-7H,2,5H2,(H,12,13). The number of H-pyrrole nitrogens is 1. The molecule has 72 valence electrons. The molecule has 3 nitrogen and oxygen atoms in total. The van der Waals surface area contributed by atoms with Crippen molar-refractivity contribution in [2.24, 2.45) is 0 Å². The number of nitrogens with zero attached hydrogens (tertiary/aromatic N) is 2. The van der Waals surface area contributed by atoms with E-state index in [0.29, 0.717) is 0 Å². The molecule has 1 N–H and O–H groups in total. The zero-order valence-corrected chi connectivity index (χ0v) is 9.16. The topological polar surface area (TPSA) is 41.6 Å². The lowest BCUT2D eigenvalue weighted by Crippen LogP contribution is -1.84. The van der Waals surface area contributed by atoms with Gasteiger partial charge >= 0.3 is 0 Å². The molecule has 0 atom stereocenters. The van der Waals surface area contributed by atoms with Gasteiger partial charge in [0.05, 0.1) is 11.9 Å². The summed E-state index contributed by atoms with van der Waals surface area (Å²) in [6.45, 7) is 0. The van der Waals surface area contributed by atoms with Crippen molar-refractivity contribution < 1.29 is 0 Å². The minimum atomic E-state index is 0.836. The third kappa shape index (κ3) is 2.01. The molecular weight excluding hydrogens is 242 g/mol. The van der Waals surface area contributed by atoms with Crippen molar-refractivity contribution in [2.45, 2.75) is 6.42 Å².